The zero-order chi connectivity index (χ0) is 24.7. The third-order valence-electron chi connectivity index (χ3n) is 5.38. The topological polar surface area (TPSA) is 97.1 Å². The van der Waals surface area contributed by atoms with E-state index in [9.17, 15) is 26.7 Å². The number of carbonyl (C=O) groups is 1. The largest absolute Gasteiger partial charge is 0.450 e. The Morgan fingerprint density at radius 1 is 1.29 bits per heavy atom. The summed E-state index contributed by atoms with van der Waals surface area (Å²) in [5, 5.41) is 0.521. The number of ether oxygens (including phenoxy) is 1. The van der Waals surface area contributed by atoms with Gasteiger partial charge in [-0.15, -0.1) is 11.3 Å². The van der Waals surface area contributed by atoms with Gasteiger partial charge in [-0.2, -0.15) is 18.2 Å². The zero-order valence-electron chi connectivity index (χ0n) is 17.7. The van der Waals surface area contributed by atoms with Crippen LogP contribution in [0, 0.1) is 0 Å². The molecule has 35 heavy (non-hydrogen) atoms. The number of para-hydroxylation sites is 1. The first-order valence-corrected chi connectivity index (χ1v) is 11.2. The van der Waals surface area contributed by atoms with Crippen molar-refractivity contribution < 1.29 is 35.9 Å². The van der Waals surface area contributed by atoms with E-state index in [-0.39, 0.29) is 6.54 Å². The third-order valence-corrected chi connectivity index (χ3v) is 6.46. The summed E-state index contributed by atoms with van der Waals surface area (Å²) in [7, 11) is 0. The third kappa shape index (κ3) is 4.57. The number of nitrogens with zero attached hydrogens (tertiary/aromatic N) is 4. The predicted octanol–water partition coefficient (Wildman–Crippen LogP) is 5.06. The first-order chi connectivity index (χ1) is 16.7. The molecule has 4 aromatic rings. The molecule has 0 saturated carbocycles. The number of fused-ring (bicyclic) bond motifs is 2. The Bertz CT molecular complexity index is 1330. The van der Waals surface area contributed by atoms with Crippen LogP contribution < -0.4 is 4.74 Å². The number of halogens is 5. The molecule has 3 aromatic heterocycles. The molecule has 0 radical (unpaired) electrons. The van der Waals surface area contributed by atoms with Crippen molar-refractivity contribution in [2.24, 2.45) is 0 Å². The maximum absolute atomic E-state index is 13.7. The van der Waals surface area contributed by atoms with Crippen molar-refractivity contribution in [3.8, 4) is 6.08 Å². The molecule has 1 N–H and O–H groups in total. The minimum atomic E-state index is -4.52. The molecule has 4 heterocycles. The Morgan fingerprint density at radius 2 is 2.09 bits per heavy atom. The van der Waals surface area contributed by atoms with Gasteiger partial charge in [-0.3, -0.25) is 4.79 Å². The fraction of sp³-hybridized carbons (Fsp3) is 0.333. The van der Waals surface area contributed by atoms with E-state index in [1.807, 2.05) is 24.3 Å². The number of amides is 1. The standard InChI is InChI=1S/C21H16F5N5O3S/c22-17(23)14-16(34-20(30-14)33-8-6-21(24,25)26)19(32)31-7-5-11-13(28-9-27-11)15(31)18-29-10-3-1-2-4-12(10)35-18/h1-4,9,15,17H,5-8H2,(H,27,28)/t15-/m0/s1. The maximum atomic E-state index is 13.7. The number of imidazole rings is 1. The number of alkyl halides is 5. The molecule has 0 aliphatic carbocycles. The molecule has 0 bridgehead atoms. The zero-order valence-corrected chi connectivity index (χ0v) is 18.5. The summed E-state index contributed by atoms with van der Waals surface area (Å²) in [6.07, 6.45) is -8.06. The molecule has 14 heteroatoms. The number of oxazole rings is 1. The van der Waals surface area contributed by atoms with Gasteiger partial charge in [0.2, 0.25) is 5.76 Å². The van der Waals surface area contributed by atoms with E-state index in [1.165, 1.54) is 22.6 Å². The lowest BCUT2D eigenvalue weighted by Gasteiger charge is -2.33. The molecule has 184 valence electrons. The first-order valence-electron chi connectivity index (χ1n) is 10.4. The second-order valence-corrected chi connectivity index (χ2v) is 8.71. The van der Waals surface area contributed by atoms with E-state index < -0.39 is 55.1 Å². The SMILES string of the molecule is O=C(c1oc(OCCC(F)(F)F)nc1C(F)F)N1CCc2[nH]cnc2[C@H]1c1nc2ccccc2s1. The monoisotopic (exact) mass is 513 g/mol. The summed E-state index contributed by atoms with van der Waals surface area (Å²) >= 11 is 1.33. The highest BCUT2D eigenvalue weighted by molar-refractivity contribution is 7.18. The molecule has 8 nitrogen and oxygen atoms in total. The number of benzene rings is 1. The molecule has 0 fully saturated rings. The van der Waals surface area contributed by atoms with Crippen LogP contribution in [0.3, 0.4) is 0 Å². The van der Waals surface area contributed by atoms with Crippen molar-refractivity contribution in [2.45, 2.75) is 31.5 Å². The average molecular weight is 513 g/mol. The number of H-pyrrole nitrogens is 1. The molecular weight excluding hydrogens is 497 g/mol. The fourth-order valence-corrected chi connectivity index (χ4v) is 4.90. The van der Waals surface area contributed by atoms with Crippen LogP contribution in [-0.4, -0.2) is 50.1 Å². The number of nitrogens with one attached hydrogen (secondary N) is 1. The highest BCUT2D eigenvalue weighted by Gasteiger charge is 2.40. The lowest BCUT2D eigenvalue weighted by molar-refractivity contribution is -0.140. The Hall–Kier alpha value is -3.55. The van der Waals surface area contributed by atoms with Crippen molar-refractivity contribution >= 4 is 27.5 Å². The summed E-state index contributed by atoms with van der Waals surface area (Å²) in [5.41, 5.74) is 0.994. The number of aromatic amines is 1. The van der Waals surface area contributed by atoms with Crippen LogP contribution >= 0.6 is 11.3 Å². The van der Waals surface area contributed by atoms with Crippen LogP contribution in [0.1, 0.15) is 51.5 Å². The minimum Gasteiger partial charge on any atom is -0.450 e. The molecule has 1 atom stereocenters. The van der Waals surface area contributed by atoms with Gasteiger partial charge in [-0.1, -0.05) is 12.1 Å². The summed E-state index contributed by atoms with van der Waals surface area (Å²) in [5.74, 6) is -1.72. The number of hydrogen-bond donors (Lipinski definition) is 1. The fourth-order valence-electron chi connectivity index (χ4n) is 3.81. The summed E-state index contributed by atoms with van der Waals surface area (Å²) < 4.78 is 75.2. The van der Waals surface area contributed by atoms with Crippen molar-refractivity contribution in [1.82, 2.24) is 24.8 Å². The highest BCUT2D eigenvalue weighted by Crippen LogP contribution is 2.39. The molecule has 1 aromatic carbocycles. The van der Waals surface area contributed by atoms with Crippen molar-refractivity contribution in [1.29, 1.82) is 0 Å². The number of carbonyl (C=O) groups excluding carboxylic acids is 1. The molecule has 0 saturated heterocycles. The molecule has 1 amide bonds. The van der Waals surface area contributed by atoms with Crippen molar-refractivity contribution in [3.63, 3.8) is 0 Å². The van der Waals surface area contributed by atoms with Gasteiger partial charge < -0.3 is 19.0 Å². The lowest BCUT2D eigenvalue weighted by Crippen LogP contribution is -2.41. The van der Waals surface area contributed by atoms with Gasteiger partial charge in [0.15, 0.2) is 5.69 Å². The minimum absolute atomic E-state index is 0.127. The van der Waals surface area contributed by atoms with Crippen LogP contribution in [0.5, 0.6) is 6.08 Å². The van der Waals surface area contributed by atoms with Crippen LogP contribution in [0.4, 0.5) is 22.0 Å². The molecule has 1 aliphatic rings. The molecule has 0 spiro atoms. The molecular formula is C21H16F5N5O3S. The van der Waals surface area contributed by atoms with Crippen LogP contribution in [-0.2, 0) is 6.42 Å². The van der Waals surface area contributed by atoms with Gasteiger partial charge in [0.1, 0.15) is 17.7 Å². The Morgan fingerprint density at radius 3 is 2.83 bits per heavy atom. The molecule has 1 aliphatic heterocycles. The smallest absolute Gasteiger partial charge is 0.394 e. The molecule has 0 unspecified atom stereocenters. The van der Waals surface area contributed by atoms with Crippen molar-refractivity contribution in [2.75, 3.05) is 13.2 Å². The Labute approximate surface area is 197 Å². The van der Waals surface area contributed by atoms with E-state index in [0.29, 0.717) is 22.6 Å². The van der Waals surface area contributed by atoms with E-state index in [4.69, 9.17) is 9.15 Å². The summed E-state index contributed by atoms with van der Waals surface area (Å²) in [4.78, 5) is 30.1. The molecule has 5 rings (SSSR count). The quantitative estimate of drug-likeness (QED) is 0.362. The summed E-state index contributed by atoms with van der Waals surface area (Å²) in [6, 6.07) is 6.55. The second-order valence-electron chi connectivity index (χ2n) is 7.65. The lowest BCUT2D eigenvalue weighted by atomic mass is 10.0. The van der Waals surface area contributed by atoms with E-state index in [2.05, 4.69) is 19.9 Å². The van der Waals surface area contributed by atoms with Gasteiger partial charge in [-0.05, 0) is 12.1 Å². The Kier molecular flexibility index (Phi) is 5.91. The van der Waals surface area contributed by atoms with Crippen LogP contribution in [0.2, 0.25) is 0 Å². The highest BCUT2D eigenvalue weighted by atomic mass is 32.1. The number of hydrogen-bond acceptors (Lipinski definition) is 7. The Balaban J connectivity index is 1.50. The van der Waals surface area contributed by atoms with Gasteiger partial charge in [0.25, 0.3) is 12.3 Å². The average Bonchev–Trinajstić information content (AvgIpc) is 3.54. The van der Waals surface area contributed by atoms with Gasteiger partial charge in [-0.25, -0.2) is 18.7 Å². The van der Waals surface area contributed by atoms with Gasteiger partial charge in [0.05, 0.1) is 28.7 Å². The van der Waals surface area contributed by atoms with Crippen LogP contribution in [0.25, 0.3) is 10.2 Å². The predicted molar refractivity (Wildman–Crippen MR) is 112 cm³/mol. The van der Waals surface area contributed by atoms with E-state index in [1.54, 1.807) is 0 Å². The second kappa shape index (κ2) is 8.91. The maximum Gasteiger partial charge on any atom is 0.394 e. The van der Waals surface area contributed by atoms with E-state index in [0.717, 1.165) is 10.4 Å². The number of thiazole rings is 1. The van der Waals surface area contributed by atoms with Gasteiger partial charge in [0, 0.05) is 18.7 Å². The number of rotatable bonds is 6. The number of aromatic nitrogens is 4. The summed E-state index contributed by atoms with van der Waals surface area (Å²) in [6.45, 7) is -0.767. The van der Waals surface area contributed by atoms with Crippen LogP contribution in [0.15, 0.2) is 35.0 Å². The van der Waals surface area contributed by atoms with E-state index >= 15 is 0 Å². The van der Waals surface area contributed by atoms with Crippen molar-refractivity contribution in [3.05, 3.63) is 58.4 Å². The normalized spacial score (nSPS) is 16.2. The first kappa shape index (κ1) is 23.2. The van der Waals surface area contributed by atoms with Gasteiger partial charge >= 0.3 is 12.3 Å².